The standard InChI is InChI=1S/C15H18FN3/c1-2-19-9-12(8-18-19)7-15(10-17-11-15)13-4-3-5-14(16)6-13/h3-6,8-9,17H,2,7,10-11H2,1H3. The fourth-order valence-electron chi connectivity index (χ4n) is 2.74. The Morgan fingerprint density at radius 1 is 1.42 bits per heavy atom. The zero-order valence-electron chi connectivity index (χ0n) is 11.1. The molecule has 1 fully saturated rings. The van der Waals surface area contributed by atoms with E-state index in [-0.39, 0.29) is 11.2 Å². The maximum absolute atomic E-state index is 13.4. The topological polar surface area (TPSA) is 29.9 Å². The third-order valence-electron chi connectivity index (χ3n) is 3.92. The second-order valence-corrected chi connectivity index (χ2v) is 5.28. The highest BCUT2D eigenvalue weighted by atomic mass is 19.1. The lowest BCUT2D eigenvalue weighted by Crippen LogP contribution is -2.58. The van der Waals surface area contributed by atoms with E-state index < -0.39 is 0 Å². The lowest BCUT2D eigenvalue weighted by molar-refractivity contribution is 0.274. The molecular formula is C15H18FN3. The molecule has 1 aromatic heterocycles. The molecule has 2 aromatic rings. The minimum atomic E-state index is -0.159. The summed E-state index contributed by atoms with van der Waals surface area (Å²) in [5.74, 6) is -0.159. The molecule has 0 saturated carbocycles. The molecule has 4 heteroatoms. The van der Waals surface area contributed by atoms with Gasteiger partial charge in [-0.3, -0.25) is 4.68 Å². The second kappa shape index (κ2) is 4.78. The molecule has 0 unspecified atom stereocenters. The van der Waals surface area contributed by atoms with E-state index in [0.29, 0.717) is 0 Å². The Hall–Kier alpha value is -1.68. The van der Waals surface area contributed by atoms with Crippen LogP contribution in [0.4, 0.5) is 4.39 Å². The van der Waals surface area contributed by atoms with Gasteiger partial charge in [-0.05, 0) is 36.6 Å². The molecule has 3 nitrogen and oxygen atoms in total. The SMILES string of the molecule is CCn1cc(CC2(c3cccc(F)c3)CNC2)cn1. The molecule has 0 radical (unpaired) electrons. The van der Waals surface area contributed by atoms with E-state index in [1.807, 2.05) is 16.9 Å². The van der Waals surface area contributed by atoms with Crippen molar-refractivity contribution in [1.82, 2.24) is 15.1 Å². The highest BCUT2D eigenvalue weighted by Crippen LogP contribution is 2.32. The maximum atomic E-state index is 13.4. The van der Waals surface area contributed by atoms with Crippen molar-refractivity contribution in [2.24, 2.45) is 0 Å². The number of hydrogen-bond donors (Lipinski definition) is 1. The predicted molar refractivity (Wildman–Crippen MR) is 72.6 cm³/mol. The summed E-state index contributed by atoms with van der Waals surface area (Å²) in [6, 6.07) is 6.97. The van der Waals surface area contributed by atoms with Crippen LogP contribution in [-0.4, -0.2) is 22.9 Å². The van der Waals surface area contributed by atoms with Gasteiger partial charge in [0, 0.05) is 31.2 Å². The van der Waals surface area contributed by atoms with Gasteiger partial charge in [0.1, 0.15) is 5.82 Å². The van der Waals surface area contributed by atoms with E-state index in [9.17, 15) is 4.39 Å². The van der Waals surface area contributed by atoms with E-state index in [2.05, 4.69) is 23.5 Å². The highest BCUT2D eigenvalue weighted by Gasteiger charge is 2.39. The van der Waals surface area contributed by atoms with Gasteiger partial charge in [-0.25, -0.2) is 4.39 Å². The molecule has 1 aliphatic heterocycles. The molecule has 100 valence electrons. The van der Waals surface area contributed by atoms with Gasteiger partial charge in [0.25, 0.3) is 0 Å². The van der Waals surface area contributed by atoms with Gasteiger partial charge in [0.2, 0.25) is 0 Å². The Bertz CT molecular complexity index is 572. The highest BCUT2D eigenvalue weighted by molar-refractivity contribution is 5.33. The average Bonchev–Trinajstić information content (AvgIpc) is 2.81. The van der Waals surface area contributed by atoms with Gasteiger partial charge in [-0.1, -0.05) is 12.1 Å². The zero-order valence-corrected chi connectivity index (χ0v) is 11.1. The number of halogens is 1. The summed E-state index contributed by atoms with van der Waals surface area (Å²) in [7, 11) is 0. The van der Waals surface area contributed by atoms with Crippen molar-refractivity contribution in [3.05, 3.63) is 53.6 Å². The van der Waals surface area contributed by atoms with Crippen molar-refractivity contribution in [2.75, 3.05) is 13.1 Å². The normalized spacial score (nSPS) is 17.2. The van der Waals surface area contributed by atoms with Crippen LogP contribution in [0, 0.1) is 5.82 Å². The number of rotatable bonds is 4. The van der Waals surface area contributed by atoms with Gasteiger partial charge in [0.15, 0.2) is 0 Å². The molecule has 1 aromatic carbocycles. The first-order valence-electron chi connectivity index (χ1n) is 6.70. The summed E-state index contributed by atoms with van der Waals surface area (Å²) >= 11 is 0. The average molecular weight is 259 g/mol. The number of hydrogen-bond acceptors (Lipinski definition) is 2. The van der Waals surface area contributed by atoms with Gasteiger partial charge >= 0.3 is 0 Å². The van der Waals surface area contributed by atoms with Gasteiger partial charge in [-0.2, -0.15) is 5.10 Å². The fourth-order valence-corrected chi connectivity index (χ4v) is 2.74. The van der Waals surface area contributed by atoms with Crippen LogP contribution in [0.2, 0.25) is 0 Å². The molecule has 0 amide bonds. The summed E-state index contributed by atoms with van der Waals surface area (Å²) in [6.07, 6.45) is 4.91. The molecule has 19 heavy (non-hydrogen) atoms. The van der Waals surface area contributed by atoms with E-state index in [4.69, 9.17) is 0 Å². The van der Waals surface area contributed by atoms with Gasteiger partial charge < -0.3 is 5.32 Å². The number of aromatic nitrogens is 2. The number of aryl methyl sites for hydroxylation is 1. The Morgan fingerprint density at radius 3 is 2.84 bits per heavy atom. The predicted octanol–water partition coefficient (Wildman–Crippen LogP) is 2.13. The van der Waals surface area contributed by atoms with Crippen LogP contribution in [0.3, 0.4) is 0 Å². The summed E-state index contributed by atoms with van der Waals surface area (Å²) in [4.78, 5) is 0. The van der Waals surface area contributed by atoms with Crippen molar-refractivity contribution < 1.29 is 4.39 Å². The first kappa shape index (κ1) is 12.4. The van der Waals surface area contributed by atoms with Gasteiger partial charge in [0.05, 0.1) is 6.20 Å². The lowest BCUT2D eigenvalue weighted by atomic mass is 9.71. The summed E-state index contributed by atoms with van der Waals surface area (Å²) in [5, 5.41) is 7.62. The largest absolute Gasteiger partial charge is 0.315 e. The van der Waals surface area contributed by atoms with Crippen molar-refractivity contribution in [2.45, 2.75) is 25.3 Å². The monoisotopic (exact) mass is 259 g/mol. The van der Waals surface area contributed by atoms with Crippen LogP contribution in [0.15, 0.2) is 36.7 Å². The van der Waals surface area contributed by atoms with Crippen molar-refractivity contribution in [3.63, 3.8) is 0 Å². The van der Waals surface area contributed by atoms with E-state index >= 15 is 0 Å². The minimum absolute atomic E-state index is 0.0176. The van der Waals surface area contributed by atoms with Crippen LogP contribution < -0.4 is 5.32 Å². The second-order valence-electron chi connectivity index (χ2n) is 5.28. The summed E-state index contributed by atoms with van der Waals surface area (Å²) < 4.78 is 15.3. The number of nitrogens with zero attached hydrogens (tertiary/aromatic N) is 2. The summed E-state index contributed by atoms with van der Waals surface area (Å²) in [5.41, 5.74) is 2.31. The maximum Gasteiger partial charge on any atom is 0.123 e. The third-order valence-corrected chi connectivity index (χ3v) is 3.92. The molecule has 1 saturated heterocycles. The molecule has 1 aliphatic rings. The first-order valence-corrected chi connectivity index (χ1v) is 6.70. The first-order chi connectivity index (χ1) is 9.22. The van der Waals surface area contributed by atoms with Crippen LogP contribution in [0.25, 0.3) is 0 Å². The van der Waals surface area contributed by atoms with Crippen LogP contribution in [0.1, 0.15) is 18.1 Å². The zero-order chi connectivity index (χ0) is 13.3. The molecule has 2 heterocycles. The Balaban J connectivity index is 1.87. The molecule has 0 atom stereocenters. The van der Waals surface area contributed by atoms with Gasteiger partial charge in [-0.15, -0.1) is 0 Å². The molecule has 1 N–H and O–H groups in total. The van der Waals surface area contributed by atoms with E-state index in [1.54, 1.807) is 12.1 Å². The molecule has 3 rings (SSSR count). The minimum Gasteiger partial charge on any atom is -0.315 e. The summed E-state index contributed by atoms with van der Waals surface area (Å²) in [6.45, 7) is 4.75. The number of benzene rings is 1. The number of nitrogens with one attached hydrogen (secondary N) is 1. The Kier molecular flexibility index (Phi) is 3.11. The Labute approximate surface area is 112 Å². The Morgan fingerprint density at radius 2 is 2.26 bits per heavy atom. The van der Waals surface area contributed by atoms with Crippen molar-refractivity contribution in [3.8, 4) is 0 Å². The van der Waals surface area contributed by atoms with Crippen LogP contribution in [0.5, 0.6) is 0 Å². The molecule has 0 spiro atoms. The van der Waals surface area contributed by atoms with E-state index in [0.717, 1.165) is 31.6 Å². The molecule has 0 aliphatic carbocycles. The fraction of sp³-hybridized carbons (Fsp3) is 0.400. The molecule has 0 bridgehead atoms. The van der Waals surface area contributed by atoms with Crippen LogP contribution >= 0.6 is 0 Å². The molecular weight excluding hydrogens is 241 g/mol. The van der Waals surface area contributed by atoms with Crippen molar-refractivity contribution in [1.29, 1.82) is 0 Å². The smallest absolute Gasteiger partial charge is 0.123 e. The lowest BCUT2D eigenvalue weighted by Gasteiger charge is -2.43. The van der Waals surface area contributed by atoms with Crippen LogP contribution in [-0.2, 0) is 18.4 Å². The van der Waals surface area contributed by atoms with E-state index in [1.165, 1.54) is 11.6 Å². The van der Waals surface area contributed by atoms with Crippen molar-refractivity contribution >= 4 is 0 Å². The quantitative estimate of drug-likeness (QED) is 0.911. The third kappa shape index (κ3) is 2.28.